The van der Waals surface area contributed by atoms with Crippen molar-refractivity contribution in [3.63, 3.8) is 0 Å². The van der Waals surface area contributed by atoms with Crippen LogP contribution < -0.4 is 5.32 Å². The molecule has 5 nitrogen and oxygen atoms in total. The zero-order chi connectivity index (χ0) is 16.4. The third-order valence-corrected chi connectivity index (χ3v) is 4.64. The molecule has 1 aliphatic heterocycles. The number of amides is 1. The molecule has 122 valence electrons. The van der Waals surface area contributed by atoms with E-state index >= 15 is 0 Å². The number of likely N-dealkylation sites (tertiary alicyclic amines) is 1. The number of carbonyl (C=O) groups excluding carboxylic acids is 1. The zero-order valence-corrected chi connectivity index (χ0v) is 14.2. The SMILES string of the molecule is CN[C@@H]1CCCN(C(=O)c2cnn(-c3cccc(Cl)c3)c2C)C1. The first kappa shape index (κ1) is 16.0. The van der Waals surface area contributed by atoms with Gasteiger partial charge in [-0.2, -0.15) is 5.10 Å². The lowest BCUT2D eigenvalue weighted by Crippen LogP contribution is -2.47. The molecule has 1 atom stereocenters. The highest BCUT2D eigenvalue weighted by Gasteiger charge is 2.26. The molecular weight excluding hydrogens is 312 g/mol. The Morgan fingerprint density at radius 1 is 1.43 bits per heavy atom. The maximum Gasteiger partial charge on any atom is 0.257 e. The number of piperidine rings is 1. The summed E-state index contributed by atoms with van der Waals surface area (Å²) in [6, 6.07) is 7.84. The van der Waals surface area contributed by atoms with Crippen LogP contribution in [0, 0.1) is 6.92 Å². The predicted molar refractivity (Wildman–Crippen MR) is 91.3 cm³/mol. The number of benzene rings is 1. The lowest BCUT2D eigenvalue weighted by molar-refractivity contribution is 0.0697. The standard InChI is InChI=1S/C17H21ClN4O/c1-12-16(17(23)21-8-4-6-14(11-21)19-2)10-20-22(12)15-7-3-5-13(18)9-15/h3,5,7,9-10,14,19H,4,6,8,11H2,1-2H3/t14-/m1/s1. The van der Waals surface area contributed by atoms with E-state index in [9.17, 15) is 4.79 Å². The summed E-state index contributed by atoms with van der Waals surface area (Å²) in [5.41, 5.74) is 2.35. The molecule has 1 aromatic carbocycles. The predicted octanol–water partition coefficient (Wildman–Crippen LogP) is 2.66. The van der Waals surface area contributed by atoms with Crippen LogP contribution >= 0.6 is 11.6 Å². The summed E-state index contributed by atoms with van der Waals surface area (Å²) in [4.78, 5) is 14.7. The fourth-order valence-corrected chi connectivity index (χ4v) is 3.24. The minimum atomic E-state index is 0.0516. The summed E-state index contributed by atoms with van der Waals surface area (Å²) in [5.74, 6) is 0.0516. The molecule has 0 aliphatic carbocycles. The van der Waals surface area contributed by atoms with Gasteiger partial charge in [-0.05, 0) is 45.0 Å². The Morgan fingerprint density at radius 2 is 2.26 bits per heavy atom. The van der Waals surface area contributed by atoms with Crippen LogP contribution in [-0.4, -0.2) is 46.8 Å². The van der Waals surface area contributed by atoms with Crippen molar-refractivity contribution in [2.24, 2.45) is 0 Å². The molecule has 1 fully saturated rings. The number of nitrogens with one attached hydrogen (secondary N) is 1. The topological polar surface area (TPSA) is 50.2 Å². The maximum absolute atomic E-state index is 12.8. The lowest BCUT2D eigenvalue weighted by atomic mass is 10.0. The maximum atomic E-state index is 12.8. The second-order valence-corrected chi connectivity index (χ2v) is 6.35. The van der Waals surface area contributed by atoms with Crippen LogP contribution in [0.1, 0.15) is 28.9 Å². The summed E-state index contributed by atoms with van der Waals surface area (Å²) >= 11 is 6.05. The fraction of sp³-hybridized carbons (Fsp3) is 0.412. The number of aromatic nitrogens is 2. The van der Waals surface area contributed by atoms with Crippen molar-refractivity contribution < 1.29 is 4.79 Å². The molecule has 1 saturated heterocycles. The smallest absolute Gasteiger partial charge is 0.257 e. The van der Waals surface area contributed by atoms with Crippen LogP contribution in [-0.2, 0) is 0 Å². The van der Waals surface area contributed by atoms with E-state index in [0.717, 1.165) is 37.3 Å². The molecule has 0 radical (unpaired) electrons. The van der Waals surface area contributed by atoms with E-state index in [0.29, 0.717) is 16.6 Å². The number of hydrogen-bond donors (Lipinski definition) is 1. The average Bonchev–Trinajstić information content (AvgIpc) is 2.96. The molecule has 0 bridgehead atoms. The first-order chi connectivity index (χ1) is 11.1. The van der Waals surface area contributed by atoms with E-state index < -0.39 is 0 Å². The molecule has 0 saturated carbocycles. The molecule has 3 rings (SSSR count). The Bertz CT molecular complexity index is 712. The Labute approximate surface area is 141 Å². The normalized spacial score (nSPS) is 18.2. The summed E-state index contributed by atoms with van der Waals surface area (Å²) < 4.78 is 1.76. The van der Waals surface area contributed by atoms with E-state index in [1.807, 2.05) is 43.1 Å². The van der Waals surface area contributed by atoms with Gasteiger partial charge < -0.3 is 10.2 Å². The van der Waals surface area contributed by atoms with Crippen LogP contribution in [0.4, 0.5) is 0 Å². The number of halogens is 1. The first-order valence-corrected chi connectivity index (χ1v) is 8.25. The number of hydrogen-bond acceptors (Lipinski definition) is 3. The Kier molecular flexibility index (Phi) is 4.68. The molecule has 0 spiro atoms. The third kappa shape index (κ3) is 3.26. The second-order valence-electron chi connectivity index (χ2n) is 5.91. The summed E-state index contributed by atoms with van der Waals surface area (Å²) in [6.07, 6.45) is 3.79. The van der Waals surface area contributed by atoms with E-state index in [-0.39, 0.29) is 5.91 Å². The van der Waals surface area contributed by atoms with E-state index in [4.69, 9.17) is 11.6 Å². The summed E-state index contributed by atoms with van der Waals surface area (Å²) in [6.45, 7) is 3.47. The van der Waals surface area contributed by atoms with Crippen molar-refractivity contribution >= 4 is 17.5 Å². The Hall–Kier alpha value is -1.85. The molecule has 0 unspecified atom stereocenters. The van der Waals surface area contributed by atoms with Gasteiger partial charge in [0.2, 0.25) is 0 Å². The quantitative estimate of drug-likeness (QED) is 0.940. The van der Waals surface area contributed by atoms with Crippen molar-refractivity contribution in [1.29, 1.82) is 0 Å². The third-order valence-electron chi connectivity index (χ3n) is 4.41. The molecular formula is C17H21ClN4O. The average molecular weight is 333 g/mol. The monoisotopic (exact) mass is 332 g/mol. The van der Waals surface area contributed by atoms with Crippen LogP contribution in [0.3, 0.4) is 0 Å². The number of rotatable bonds is 3. The van der Waals surface area contributed by atoms with Crippen LogP contribution in [0.25, 0.3) is 5.69 Å². The van der Waals surface area contributed by atoms with Crippen LogP contribution in [0.15, 0.2) is 30.5 Å². The minimum absolute atomic E-state index is 0.0516. The highest BCUT2D eigenvalue weighted by molar-refractivity contribution is 6.30. The molecule has 2 aromatic rings. The highest BCUT2D eigenvalue weighted by Crippen LogP contribution is 2.20. The van der Waals surface area contributed by atoms with Gasteiger partial charge in [-0.15, -0.1) is 0 Å². The molecule has 23 heavy (non-hydrogen) atoms. The van der Waals surface area contributed by atoms with E-state index in [1.165, 1.54) is 0 Å². The summed E-state index contributed by atoms with van der Waals surface area (Å²) in [7, 11) is 1.95. The van der Waals surface area contributed by atoms with E-state index in [2.05, 4.69) is 10.4 Å². The highest BCUT2D eigenvalue weighted by atomic mass is 35.5. The fourth-order valence-electron chi connectivity index (χ4n) is 3.06. The number of carbonyl (C=O) groups is 1. The lowest BCUT2D eigenvalue weighted by Gasteiger charge is -2.32. The second kappa shape index (κ2) is 6.72. The van der Waals surface area contributed by atoms with Gasteiger partial charge in [-0.1, -0.05) is 17.7 Å². The van der Waals surface area contributed by atoms with Gasteiger partial charge in [0.25, 0.3) is 5.91 Å². The Morgan fingerprint density at radius 3 is 3.00 bits per heavy atom. The summed E-state index contributed by atoms with van der Waals surface area (Å²) in [5, 5.41) is 8.29. The van der Waals surface area contributed by atoms with Crippen molar-refractivity contribution in [2.45, 2.75) is 25.8 Å². The minimum Gasteiger partial charge on any atom is -0.337 e. The molecule has 1 amide bonds. The van der Waals surface area contributed by atoms with Crippen molar-refractivity contribution in [3.05, 3.63) is 46.7 Å². The van der Waals surface area contributed by atoms with Gasteiger partial charge in [0, 0.05) is 24.2 Å². The first-order valence-electron chi connectivity index (χ1n) is 7.87. The molecule has 1 aliphatic rings. The van der Waals surface area contributed by atoms with Gasteiger partial charge in [0.15, 0.2) is 0 Å². The molecule has 1 N–H and O–H groups in total. The van der Waals surface area contributed by atoms with Gasteiger partial charge >= 0.3 is 0 Å². The van der Waals surface area contributed by atoms with Crippen molar-refractivity contribution in [2.75, 3.05) is 20.1 Å². The van der Waals surface area contributed by atoms with Gasteiger partial charge in [-0.3, -0.25) is 4.79 Å². The number of likely N-dealkylation sites (N-methyl/N-ethyl adjacent to an activating group) is 1. The van der Waals surface area contributed by atoms with Crippen LogP contribution in [0.5, 0.6) is 0 Å². The van der Waals surface area contributed by atoms with Gasteiger partial charge in [-0.25, -0.2) is 4.68 Å². The van der Waals surface area contributed by atoms with E-state index in [1.54, 1.807) is 10.9 Å². The largest absolute Gasteiger partial charge is 0.337 e. The molecule has 1 aromatic heterocycles. The van der Waals surface area contributed by atoms with Crippen LogP contribution in [0.2, 0.25) is 5.02 Å². The zero-order valence-electron chi connectivity index (χ0n) is 13.4. The Balaban J connectivity index is 1.85. The van der Waals surface area contributed by atoms with Crippen molar-refractivity contribution in [1.82, 2.24) is 20.0 Å². The molecule has 6 heteroatoms. The van der Waals surface area contributed by atoms with Gasteiger partial charge in [0.1, 0.15) is 0 Å². The molecule has 2 heterocycles. The van der Waals surface area contributed by atoms with Crippen molar-refractivity contribution in [3.8, 4) is 5.69 Å². The number of nitrogens with zero attached hydrogens (tertiary/aromatic N) is 3. The van der Waals surface area contributed by atoms with Gasteiger partial charge in [0.05, 0.1) is 23.1 Å².